The number of aromatic nitrogens is 3. The number of sulfonamides is 1. The number of carbonyl (C=O) groups is 2. The third-order valence-corrected chi connectivity index (χ3v) is 10.9. The van der Waals surface area contributed by atoms with Crippen LogP contribution in [0.5, 0.6) is 0 Å². The van der Waals surface area contributed by atoms with Gasteiger partial charge < -0.3 is 15.1 Å². The summed E-state index contributed by atoms with van der Waals surface area (Å²) >= 11 is 1.28. The Bertz CT molecular complexity index is 1870. The third-order valence-electron chi connectivity index (χ3n) is 8.30. The Morgan fingerprint density at radius 1 is 1.07 bits per heavy atom. The molecule has 1 fully saturated rings. The lowest BCUT2D eigenvalue weighted by Gasteiger charge is -2.34. The maximum Gasteiger partial charge on any atom is 0.275 e. The van der Waals surface area contributed by atoms with Crippen LogP contribution < -0.4 is 10.2 Å². The van der Waals surface area contributed by atoms with Crippen LogP contribution in [-0.2, 0) is 28.5 Å². The molecule has 0 spiro atoms. The van der Waals surface area contributed by atoms with E-state index in [9.17, 15) is 26.8 Å². The van der Waals surface area contributed by atoms with Crippen molar-refractivity contribution in [3.8, 4) is 0 Å². The van der Waals surface area contributed by atoms with E-state index in [0.717, 1.165) is 48.3 Å². The van der Waals surface area contributed by atoms with Gasteiger partial charge in [0.2, 0.25) is 10.0 Å². The highest BCUT2D eigenvalue weighted by atomic mass is 32.2. The number of thiazole rings is 1. The minimum Gasteiger partial charge on any atom is -0.369 e. The molecule has 2 aliphatic rings. The van der Waals surface area contributed by atoms with E-state index in [2.05, 4.69) is 37.3 Å². The Hall–Kier alpha value is -4.05. The van der Waals surface area contributed by atoms with E-state index in [1.54, 1.807) is 36.9 Å². The zero-order valence-corrected chi connectivity index (χ0v) is 26.4. The second-order valence-corrected chi connectivity index (χ2v) is 14.2. The number of nitrogens with zero attached hydrogens (tertiary/aromatic N) is 5. The predicted molar refractivity (Wildman–Crippen MR) is 165 cm³/mol. The minimum absolute atomic E-state index is 0.155. The van der Waals surface area contributed by atoms with Crippen molar-refractivity contribution >= 4 is 44.4 Å². The summed E-state index contributed by atoms with van der Waals surface area (Å²) in [6.45, 7) is 6.47. The van der Waals surface area contributed by atoms with Gasteiger partial charge in [-0.1, -0.05) is 0 Å². The lowest BCUT2D eigenvalue weighted by Crippen LogP contribution is -2.44. The van der Waals surface area contributed by atoms with Gasteiger partial charge >= 0.3 is 0 Å². The van der Waals surface area contributed by atoms with Crippen LogP contribution in [0.3, 0.4) is 0 Å². The first-order chi connectivity index (χ1) is 21.3. The van der Waals surface area contributed by atoms with Gasteiger partial charge in [-0.2, -0.15) is 9.40 Å². The van der Waals surface area contributed by atoms with Gasteiger partial charge in [0.25, 0.3) is 5.91 Å². The van der Waals surface area contributed by atoms with E-state index < -0.39 is 38.0 Å². The van der Waals surface area contributed by atoms with Crippen molar-refractivity contribution < 1.29 is 26.8 Å². The van der Waals surface area contributed by atoms with Gasteiger partial charge in [0.15, 0.2) is 5.78 Å². The second kappa shape index (κ2) is 11.7. The molecular formula is C30H31F2N7O4S2. The van der Waals surface area contributed by atoms with Crippen LogP contribution in [0.25, 0.3) is 0 Å². The molecule has 2 aliphatic heterocycles. The van der Waals surface area contributed by atoms with Gasteiger partial charge in [0.05, 0.1) is 33.7 Å². The Labute approximate surface area is 262 Å². The van der Waals surface area contributed by atoms with E-state index in [-0.39, 0.29) is 30.0 Å². The summed E-state index contributed by atoms with van der Waals surface area (Å²) in [5.74, 6) is -2.79. The van der Waals surface area contributed by atoms with Crippen molar-refractivity contribution in [1.82, 2.24) is 24.4 Å². The first-order valence-corrected chi connectivity index (χ1v) is 16.6. The molecule has 45 heavy (non-hydrogen) atoms. The van der Waals surface area contributed by atoms with Crippen LogP contribution in [0.2, 0.25) is 0 Å². The van der Waals surface area contributed by atoms with E-state index in [1.165, 1.54) is 11.3 Å². The fourth-order valence-corrected chi connectivity index (χ4v) is 8.08. The van der Waals surface area contributed by atoms with Crippen LogP contribution in [0.1, 0.15) is 51.6 Å². The van der Waals surface area contributed by atoms with E-state index >= 15 is 0 Å². The first kappa shape index (κ1) is 31.0. The quantitative estimate of drug-likeness (QED) is 0.272. The van der Waals surface area contributed by atoms with Crippen molar-refractivity contribution in [2.45, 2.75) is 37.2 Å². The van der Waals surface area contributed by atoms with Crippen LogP contribution in [0.4, 0.5) is 20.2 Å². The van der Waals surface area contributed by atoms with Gasteiger partial charge in [-0.05, 0) is 51.2 Å². The average molecular weight is 656 g/mol. The minimum atomic E-state index is -4.33. The number of anilines is 2. The zero-order valence-electron chi connectivity index (χ0n) is 24.8. The highest BCUT2D eigenvalue weighted by molar-refractivity contribution is 7.89. The Kier molecular flexibility index (Phi) is 8.05. The Morgan fingerprint density at radius 2 is 1.78 bits per heavy atom. The SMILES string of the molecule is CN1CCN(c2ccc(C(=O)Cc3[nH]nc4c3CN(S(=O)(=O)c3cc(F)cc(F)c3)C4(C)C)c(NC(=O)c3cscn3)c2)CC1. The number of piperazine rings is 1. The number of Topliss-reactive ketones (excluding diaryl/α,β-unsaturated/α-hetero) is 1. The number of carbonyl (C=O) groups excluding carboxylic acids is 2. The number of fused-ring (bicyclic) bond motifs is 1. The van der Waals surface area contributed by atoms with Gasteiger partial charge in [0, 0.05) is 66.7 Å². The average Bonchev–Trinajstić information content (AvgIpc) is 3.72. The second-order valence-electron chi connectivity index (χ2n) is 11.7. The molecule has 0 bridgehead atoms. The molecule has 0 radical (unpaired) electrons. The molecule has 0 aliphatic carbocycles. The topological polar surface area (TPSA) is 132 Å². The van der Waals surface area contributed by atoms with Crippen LogP contribution in [0.15, 0.2) is 52.2 Å². The number of likely N-dealkylation sites (N-methyl/N-ethyl adjacent to an activating group) is 1. The highest BCUT2D eigenvalue weighted by Gasteiger charge is 2.48. The highest BCUT2D eigenvalue weighted by Crippen LogP contribution is 2.43. The molecule has 2 aromatic carbocycles. The maximum atomic E-state index is 13.9. The lowest BCUT2D eigenvalue weighted by atomic mass is 9.98. The zero-order chi connectivity index (χ0) is 32.1. The van der Waals surface area contributed by atoms with Crippen molar-refractivity contribution in [1.29, 1.82) is 0 Å². The summed E-state index contributed by atoms with van der Waals surface area (Å²) in [5.41, 5.74) is 3.42. The molecule has 0 saturated carbocycles. The van der Waals surface area contributed by atoms with Gasteiger partial charge in [-0.3, -0.25) is 14.7 Å². The number of aromatic amines is 1. The van der Waals surface area contributed by atoms with Crippen molar-refractivity contribution in [2.24, 2.45) is 0 Å². The molecule has 2 N–H and O–H groups in total. The number of benzene rings is 2. The molecule has 4 aromatic rings. The summed E-state index contributed by atoms with van der Waals surface area (Å²) in [6, 6.07) is 7.47. The lowest BCUT2D eigenvalue weighted by molar-refractivity contribution is 0.0992. The van der Waals surface area contributed by atoms with Crippen molar-refractivity contribution in [2.75, 3.05) is 43.4 Å². The number of halogens is 2. The monoisotopic (exact) mass is 655 g/mol. The van der Waals surface area contributed by atoms with Crippen LogP contribution in [-0.4, -0.2) is 77.7 Å². The smallest absolute Gasteiger partial charge is 0.275 e. The van der Waals surface area contributed by atoms with Crippen molar-refractivity contribution in [3.05, 3.63) is 87.1 Å². The fraction of sp³-hybridized carbons (Fsp3) is 0.333. The van der Waals surface area contributed by atoms with Crippen molar-refractivity contribution in [3.63, 3.8) is 0 Å². The molecule has 2 aromatic heterocycles. The number of amides is 1. The third kappa shape index (κ3) is 5.88. The molecule has 11 nitrogen and oxygen atoms in total. The number of nitrogens with one attached hydrogen (secondary N) is 2. The number of ketones is 1. The molecule has 1 amide bonds. The normalized spacial score (nSPS) is 17.0. The maximum absolute atomic E-state index is 13.9. The van der Waals surface area contributed by atoms with Gasteiger partial charge in [0.1, 0.15) is 17.3 Å². The summed E-state index contributed by atoms with van der Waals surface area (Å²) < 4.78 is 56.1. The number of hydrogen-bond donors (Lipinski definition) is 2. The van der Waals surface area contributed by atoms with E-state index in [0.29, 0.717) is 28.7 Å². The predicted octanol–water partition coefficient (Wildman–Crippen LogP) is 4.01. The Balaban J connectivity index is 1.29. The standard InChI is InChI=1S/C30H31F2N7O4S2/c1-30(2)28-23(15-39(30)45(42,43)21-11-18(31)10-19(32)12-21)25(35-36-28)14-27(40)22-5-4-20(38-8-6-37(3)7-9-38)13-24(22)34-29(41)26-16-44-17-33-26/h4-5,10-13,16-17H,6-9,14-15H2,1-3H3,(H,34,41)(H,35,36). The van der Waals surface area contributed by atoms with E-state index in [4.69, 9.17) is 0 Å². The molecule has 1 saturated heterocycles. The fourth-order valence-electron chi connectivity index (χ4n) is 5.78. The molecule has 6 rings (SSSR count). The number of H-pyrrole nitrogens is 1. The summed E-state index contributed by atoms with van der Waals surface area (Å²) in [7, 11) is -2.28. The molecule has 0 atom stereocenters. The van der Waals surface area contributed by atoms with Crippen LogP contribution >= 0.6 is 11.3 Å². The molecular weight excluding hydrogens is 625 g/mol. The summed E-state index contributed by atoms with van der Waals surface area (Å²) in [4.78, 5) is 34.8. The summed E-state index contributed by atoms with van der Waals surface area (Å²) in [6.07, 6.45) is -0.158. The largest absolute Gasteiger partial charge is 0.369 e. The van der Waals surface area contributed by atoms with Gasteiger partial charge in [-0.25, -0.2) is 22.2 Å². The molecule has 0 unspecified atom stereocenters. The Morgan fingerprint density at radius 3 is 2.44 bits per heavy atom. The number of rotatable bonds is 8. The molecule has 236 valence electrons. The van der Waals surface area contributed by atoms with Crippen LogP contribution in [0, 0.1) is 11.6 Å². The molecule has 15 heteroatoms. The number of hydrogen-bond acceptors (Lipinski definition) is 9. The first-order valence-electron chi connectivity index (χ1n) is 14.2. The van der Waals surface area contributed by atoms with E-state index in [1.807, 2.05) is 6.07 Å². The van der Waals surface area contributed by atoms with Gasteiger partial charge in [-0.15, -0.1) is 11.3 Å². The molecule has 4 heterocycles. The summed E-state index contributed by atoms with van der Waals surface area (Å²) in [5, 5.41) is 11.7.